The number of carbonyl (C=O) groups is 2. The molecule has 0 aliphatic heterocycles. The Balaban J connectivity index is 1.89. The predicted molar refractivity (Wildman–Crippen MR) is 91.7 cm³/mol. The van der Waals surface area contributed by atoms with Crippen molar-refractivity contribution in [2.24, 2.45) is 0 Å². The number of benzene rings is 1. The van der Waals surface area contributed by atoms with Gasteiger partial charge < -0.3 is 15.2 Å². The van der Waals surface area contributed by atoms with Crippen molar-refractivity contribution in [1.29, 1.82) is 0 Å². The van der Waals surface area contributed by atoms with Gasteiger partial charge in [0.2, 0.25) is 5.91 Å². The fourth-order valence-electron chi connectivity index (χ4n) is 2.23. The first-order valence-corrected chi connectivity index (χ1v) is 8.35. The van der Waals surface area contributed by atoms with Crippen molar-refractivity contribution in [2.45, 2.75) is 32.7 Å². The van der Waals surface area contributed by atoms with E-state index in [0.29, 0.717) is 23.5 Å². The Labute approximate surface area is 144 Å². The van der Waals surface area contributed by atoms with E-state index in [2.05, 4.69) is 10.3 Å². The molecule has 0 aliphatic carbocycles. The molecule has 0 saturated heterocycles. The number of ether oxygens (including phenoxy) is 1. The molecule has 24 heavy (non-hydrogen) atoms. The largest absolute Gasteiger partial charge is 0.497 e. The second-order valence-corrected chi connectivity index (χ2v) is 6.44. The number of aromatic nitrogens is 1. The summed E-state index contributed by atoms with van der Waals surface area (Å²) in [6.07, 6.45) is 0.979. The highest BCUT2D eigenvalue weighted by Crippen LogP contribution is 2.23. The second kappa shape index (κ2) is 7.92. The first-order chi connectivity index (χ1) is 11.4. The maximum atomic E-state index is 12.1. The number of aryl methyl sites for hydroxylation is 2. The van der Waals surface area contributed by atoms with E-state index in [1.807, 2.05) is 24.3 Å². The van der Waals surface area contributed by atoms with Crippen LogP contribution in [0.2, 0.25) is 0 Å². The van der Waals surface area contributed by atoms with Crippen molar-refractivity contribution < 1.29 is 19.4 Å². The summed E-state index contributed by atoms with van der Waals surface area (Å²) in [4.78, 5) is 27.6. The van der Waals surface area contributed by atoms with Crippen molar-refractivity contribution in [3.63, 3.8) is 0 Å². The minimum absolute atomic E-state index is 0.0944. The number of carboxylic acid groups (broad SMARTS) is 1. The molecule has 1 aromatic heterocycles. The van der Waals surface area contributed by atoms with Gasteiger partial charge in [0.15, 0.2) is 0 Å². The highest BCUT2D eigenvalue weighted by atomic mass is 32.1. The van der Waals surface area contributed by atoms with Gasteiger partial charge in [0.25, 0.3) is 0 Å². The average Bonchev–Trinajstić information content (AvgIpc) is 2.95. The maximum Gasteiger partial charge on any atom is 0.347 e. The number of methoxy groups -OCH3 is 1. The Morgan fingerprint density at radius 1 is 1.33 bits per heavy atom. The third-order valence-electron chi connectivity index (χ3n) is 3.56. The molecule has 0 saturated carbocycles. The zero-order valence-electron chi connectivity index (χ0n) is 13.8. The second-order valence-electron chi connectivity index (χ2n) is 5.41. The topological polar surface area (TPSA) is 88.5 Å². The smallest absolute Gasteiger partial charge is 0.347 e. The number of carbonyl (C=O) groups excluding carboxylic acids is 1. The van der Waals surface area contributed by atoms with Crippen LogP contribution in [-0.4, -0.2) is 29.1 Å². The molecule has 0 spiro atoms. The number of hydrogen-bond acceptors (Lipinski definition) is 5. The van der Waals surface area contributed by atoms with Gasteiger partial charge in [0.05, 0.1) is 18.8 Å². The van der Waals surface area contributed by atoms with Crippen LogP contribution in [0, 0.1) is 6.92 Å². The van der Waals surface area contributed by atoms with Crippen LogP contribution in [-0.2, 0) is 11.2 Å². The number of amides is 1. The third-order valence-corrected chi connectivity index (χ3v) is 4.88. The molecule has 0 fully saturated rings. The molecule has 1 amide bonds. The highest BCUT2D eigenvalue weighted by molar-refractivity contribution is 7.13. The zero-order valence-corrected chi connectivity index (χ0v) is 14.6. The highest BCUT2D eigenvalue weighted by Gasteiger charge is 2.19. The average molecular weight is 348 g/mol. The normalized spacial score (nSPS) is 11.8. The number of nitrogens with zero attached hydrogens (tertiary/aromatic N) is 1. The van der Waals surface area contributed by atoms with Gasteiger partial charge in [-0.25, -0.2) is 9.78 Å². The van der Waals surface area contributed by atoms with Crippen LogP contribution < -0.4 is 10.1 Å². The van der Waals surface area contributed by atoms with Crippen molar-refractivity contribution in [3.05, 3.63) is 45.4 Å². The van der Waals surface area contributed by atoms with Crippen molar-refractivity contribution in [2.75, 3.05) is 7.11 Å². The van der Waals surface area contributed by atoms with Gasteiger partial charge in [0.1, 0.15) is 15.6 Å². The molecule has 1 atom stereocenters. The lowest BCUT2D eigenvalue weighted by molar-refractivity contribution is -0.121. The number of rotatable bonds is 7. The van der Waals surface area contributed by atoms with Gasteiger partial charge in [-0.05, 0) is 38.0 Å². The molecule has 1 aromatic carbocycles. The van der Waals surface area contributed by atoms with E-state index >= 15 is 0 Å². The molecular formula is C17H20N2O4S. The van der Waals surface area contributed by atoms with Gasteiger partial charge in [-0.3, -0.25) is 4.79 Å². The number of aromatic carboxylic acids is 1. The van der Waals surface area contributed by atoms with E-state index < -0.39 is 5.97 Å². The van der Waals surface area contributed by atoms with Crippen molar-refractivity contribution in [3.8, 4) is 5.75 Å². The number of thiazole rings is 1. The van der Waals surface area contributed by atoms with Gasteiger partial charge in [-0.1, -0.05) is 12.1 Å². The standard InChI is InChI=1S/C17H20N2O4S/c1-10-15(17(21)22)24-16(19-10)11(2)18-14(20)9-6-12-4-7-13(23-3)8-5-12/h4-5,7-8,11H,6,9H2,1-3H3,(H,18,20)(H,21,22). The summed E-state index contributed by atoms with van der Waals surface area (Å²) < 4.78 is 5.10. The number of hydrogen-bond donors (Lipinski definition) is 2. The van der Waals surface area contributed by atoms with Crippen molar-refractivity contribution >= 4 is 23.2 Å². The molecule has 128 valence electrons. The van der Waals surface area contributed by atoms with Gasteiger partial charge in [0, 0.05) is 6.42 Å². The Bertz CT molecular complexity index is 725. The van der Waals surface area contributed by atoms with Crippen LogP contribution in [0.5, 0.6) is 5.75 Å². The monoisotopic (exact) mass is 348 g/mol. The molecule has 0 aliphatic rings. The van der Waals surface area contributed by atoms with Crippen LogP contribution in [0.15, 0.2) is 24.3 Å². The molecule has 2 N–H and O–H groups in total. The summed E-state index contributed by atoms with van der Waals surface area (Å²) in [6.45, 7) is 3.46. The van der Waals surface area contributed by atoms with Crippen LogP contribution in [0.3, 0.4) is 0 Å². The Hall–Kier alpha value is -2.41. The molecule has 1 unspecified atom stereocenters. The fraction of sp³-hybridized carbons (Fsp3) is 0.353. The van der Waals surface area contributed by atoms with E-state index in [1.165, 1.54) is 0 Å². The van der Waals surface area contributed by atoms with Gasteiger partial charge in [-0.15, -0.1) is 11.3 Å². The Morgan fingerprint density at radius 2 is 2.00 bits per heavy atom. The molecule has 0 bridgehead atoms. The number of nitrogens with one attached hydrogen (secondary N) is 1. The van der Waals surface area contributed by atoms with Crippen LogP contribution in [0.1, 0.15) is 45.3 Å². The Morgan fingerprint density at radius 3 is 2.54 bits per heavy atom. The van der Waals surface area contributed by atoms with Gasteiger partial charge in [-0.2, -0.15) is 0 Å². The van der Waals surface area contributed by atoms with Gasteiger partial charge >= 0.3 is 5.97 Å². The summed E-state index contributed by atoms with van der Waals surface area (Å²) in [5, 5.41) is 12.5. The summed E-state index contributed by atoms with van der Waals surface area (Å²) in [5.74, 6) is -0.303. The lowest BCUT2D eigenvalue weighted by atomic mass is 10.1. The van der Waals surface area contributed by atoms with E-state index in [-0.39, 0.29) is 16.8 Å². The Kier molecular flexibility index (Phi) is 5.92. The molecule has 2 aromatic rings. The third kappa shape index (κ3) is 4.55. The summed E-state index contributed by atoms with van der Waals surface area (Å²) in [6, 6.07) is 7.27. The molecule has 2 rings (SSSR count). The first-order valence-electron chi connectivity index (χ1n) is 7.53. The molecule has 6 nitrogen and oxygen atoms in total. The minimum atomic E-state index is -0.991. The SMILES string of the molecule is COc1ccc(CCC(=O)NC(C)c2nc(C)c(C(=O)O)s2)cc1. The van der Waals surface area contributed by atoms with Crippen LogP contribution >= 0.6 is 11.3 Å². The van der Waals surface area contributed by atoms with E-state index in [0.717, 1.165) is 22.6 Å². The van der Waals surface area contributed by atoms with Crippen LogP contribution in [0.25, 0.3) is 0 Å². The first kappa shape index (κ1) is 17.9. The predicted octanol–water partition coefficient (Wildman–Crippen LogP) is 2.97. The maximum absolute atomic E-state index is 12.1. The fourth-order valence-corrected chi connectivity index (χ4v) is 3.13. The lowest BCUT2D eigenvalue weighted by Crippen LogP contribution is -2.26. The molecule has 1 heterocycles. The van der Waals surface area contributed by atoms with E-state index in [4.69, 9.17) is 9.84 Å². The quantitative estimate of drug-likeness (QED) is 0.803. The van der Waals surface area contributed by atoms with E-state index in [9.17, 15) is 9.59 Å². The summed E-state index contributed by atoms with van der Waals surface area (Å²) in [5.41, 5.74) is 1.53. The minimum Gasteiger partial charge on any atom is -0.497 e. The molecule has 7 heteroatoms. The molecule has 0 radical (unpaired) electrons. The summed E-state index contributed by atoms with van der Waals surface area (Å²) >= 11 is 1.10. The lowest BCUT2D eigenvalue weighted by Gasteiger charge is -2.11. The zero-order chi connectivity index (χ0) is 17.7. The van der Waals surface area contributed by atoms with Crippen LogP contribution in [0.4, 0.5) is 0 Å². The van der Waals surface area contributed by atoms with Crippen molar-refractivity contribution in [1.82, 2.24) is 10.3 Å². The molecular weight excluding hydrogens is 328 g/mol. The number of carboxylic acids is 1. The van der Waals surface area contributed by atoms with E-state index in [1.54, 1.807) is 21.0 Å². The summed E-state index contributed by atoms with van der Waals surface area (Å²) in [7, 11) is 1.61.